The molecule has 0 rings (SSSR count). The largest absolute Gasteiger partial charge is 0.465 e. The van der Waals surface area contributed by atoms with Crippen LogP contribution in [-0.4, -0.2) is 42.3 Å². The van der Waals surface area contributed by atoms with E-state index in [1.807, 2.05) is 13.8 Å². The Morgan fingerprint density at radius 2 is 2.21 bits per heavy atom. The van der Waals surface area contributed by atoms with E-state index in [0.717, 1.165) is 6.08 Å². The molecule has 0 spiro atoms. The Morgan fingerprint density at radius 3 is 2.68 bits per heavy atom. The van der Waals surface area contributed by atoms with Crippen molar-refractivity contribution in [2.24, 2.45) is 10.7 Å². The van der Waals surface area contributed by atoms with E-state index in [-0.39, 0.29) is 25.7 Å². The molecule has 108 valence electrons. The lowest BCUT2D eigenvalue weighted by Crippen LogP contribution is -2.29. The molecule has 0 aliphatic carbocycles. The molecular formula is C11H20N4O4. The Morgan fingerprint density at radius 1 is 1.58 bits per heavy atom. The first-order valence-electron chi connectivity index (χ1n) is 5.90. The van der Waals surface area contributed by atoms with Crippen LogP contribution in [-0.2, 0) is 9.53 Å². The molecule has 0 atom stereocenters. The quantitative estimate of drug-likeness (QED) is 0.279. The molecule has 0 radical (unpaired) electrons. The summed E-state index contributed by atoms with van der Waals surface area (Å²) in [6.45, 7) is 5.89. The van der Waals surface area contributed by atoms with Crippen molar-refractivity contribution in [3.8, 4) is 0 Å². The Balaban J connectivity index is 4.75. The van der Waals surface area contributed by atoms with Gasteiger partial charge in [0.1, 0.15) is 6.54 Å². The van der Waals surface area contributed by atoms with Crippen molar-refractivity contribution in [2.75, 3.05) is 19.7 Å². The van der Waals surface area contributed by atoms with Crippen LogP contribution in [0, 0.1) is 10.1 Å². The van der Waals surface area contributed by atoms with E-state index in [2.05, 4.69) is 10.3 Å². The first-order valence-corrected chi connectivity index (χ1v) is 5.90. The molecule has 0 bridgehead atoms. The minimum atomic E-state index is -0.713. The van der Waals surface area contributed by atoms with E-state index in [4.69, 9.17) is 10.5 Å². The number of nitro groups is 1. The first kappa shape index (κ1) is 17.0. The third-order valence-corrected chi connectivity index (χ3v) is 1.93. The molecule has 0 unspecified atom stereocenters. The normalized spacial score (nSPS) is 12.6. The number of carbonyl (C=O) groups is 1. The highest BCUT2D eigenvalue weighted by molar-refractivity contribution is 5.97. The van der Waals surface area contributed by atoms with Gasteiger partial charge in [0.15, 0.2) is 0 Å². The fourth-order valence-electron chi connectivity index (χ4n) is 1.06. The number of nitrogens with one attached hydrogen (secondary N) is 1. The van der Waals surface area contributed by atoms with Crippen LogP contribution in [0.3, 0.4) is 0 Å². The van der Waals surface area contributed by atoms with Gasteiger partial charge in [0, 0.05) is 12.6 Å². The van der Waals surface area contributed by atoms with E-state index >= 15 is 0 Å². The zero-order chi connectivity index (χ0) is 14.8. The second-order valence-corrected chi connectivity index (χ2v) is 3.97. The average molecular weight is 272 g/mol. The maximum absolute atomic E-state index is 11.2. The van der Waals surface area contributed by atoms with Crippen LogP contribution in [0.15, 0.2) is 16.9 Å². The van der Waals surface area contributed by atoms with Gasteiger partial charge < -0.3 is 20.2 Å². The van der Waals surface area contributed by atoms with Crippen molar-refractivity contribution in [1.29, 1.82) is 0 Å². The molecule has 0 aliphatic heterocycles. The van der Waals surface area contributed by atoms with Crippen molar-refractivity contribution in [3.05, 3.63) is 22.0 Å². The van der Waals surface area contributed by atoms with E-state index in [1.54, 1.807) is 6.92 Å². The zero-order valence-electron chi connectivity index (χ0n) is 11.4. The summed E-state index contributed by atoms with van der Waals surface area (Å²) in [5.41, 5.74) is 5.56. The number of rotatable bonds is 8. The Kier molecular flexibility index (Phi) is 8.10. The highest BCUT2D eigenvalue weighted by Gasteiger charge is 2.07. The van der Waals surface area contributed by atoms with E-state index < -0.39 is 16.7 Å². The smallest absolute Gasteiger partial charge is 0.327 e. The van der Waals surface area contributed by atoms with Crippen LogP contribution in [0.25, 0.3) is 0 Å². The molecule has 0 amide bonds. The van der Waals surface area contributed by atoms with Crippen LogP contribution in [0.2, 0.25) is 0 Å². The minimum absolute atomic E-state index is 0.179. The van der Waals surface area contributed by atoms with Crippen molar-refractivity contribution < 1.29 is 14.5 Å². The predicted octanol–water partition coefficient (Wildman–Crippen LogP) is 0.0653. The summed E-state index contributed by atoms with van der Waals surface area (Å²) in [6, 6.07) is 0.179. The van der Waals surface area contributed by atoms with E-state index in [0.29, 0.717) is 5.71 Å². The molecule has 0 aromatic carbocycles. The molecule has 3 N–H and O–H groups in total. The fraction of sp³-hybridized carbons (Fsp3) is 0.636. The topological polar surface area (TPSA) is 120 Å². The van der Waals surface area contributed by atoms with Gasteiger partial charge in [-0.3, -0.25) is 15.5 Å². The molecule has 0 aliphatic rings. The Hall–Kier alpha value is -1.96. The van der Waals surface area contributed by atoms with Crippen molar-refractivity contribution in [3.63, 3.8) is 0 Å². The fourth-order valence-corrected chi connectivity index (χ4v) is 1.06. The lowest BCUT2D eigenvalue weighted by molar-refractivity contribution is -0.426. The molecule has 8 heteroatoms. The summed E-state index contributed by atoms with van der Waals surface area (Å²) in [5, 5.41) is 13.5. The van der Waals surface area contributed by atoms with Gasteiger partial charge in [0.05, 0.1) is 18.4 Å². The molecule has 0 aromatic heterocycles. The number of nitrogens with zero attached hydrogens (tertiary/aromatic N) is 2. The van der Waals surface area contributed by atoms with Gasteiger partial charge in [-0.2, -0.15) is 0 Å². The number of hydrogen-bond acceptors (Lipinski definition) is 7. The predicted molar refractivity (Wildman–Crippen MR) is 71.3 cm³/mol. The van der Waals surface area contributed by atoms with Gasteiger partial charge in [-0.1, -0.05) is 13.8 Å². The molecule has 0 saturated heterocycles. The molecule has 8 nitrogen and oxygen atoms in total. The van der Waals surface area contributed by atoms with Gasteiger partial charge in [-0.15, -0.1) is 0 Å². The third-order valence-electron chi connectivity index (χ3n) is 1.93. The van der Waals surface area contributed by atoms with Crippen LogP contribution in [0.1, 0.15) is 20.8 Å². The second kappa shape index (κ2) is 9.03. The summed E-state index contributed by atoms with van der Waals surface area (Å²) in [5.74, 6) is -1.01. The average Bonchev–Trinajstić information content (AvgIpc) is 2.32. The van der Waals surface area contributed by atoms with Crippen molar-refractivity contribution >= 4 is 11.7 Å². The lowest BCUT2D eigenvalue weighted by Gasteiger charge is -2.08. The van der Waals surface area contributed by atoms with Gasteiger partial charge in [-0.05, 0) is 11.8 Å². The molecular weight excluding hydrogens is 252 g/mol. The first-order chi connectivity index (χ1) is 8.86. The van der Waals surface area contributed by atoms with Gasteiger partial charge in [-0.25, -0.2) is 0 Å². The van der Waals surface area contributed by atoms with Crippen molar-refractivity contribution in [1.82, 2.24) is 5.32 Å². The van der Waals surface area contributed by atoms with Gasteiger partial charge in [0.2, 0.25) is 0 Å². The van der Waals surface area contributed by atoms with Crippen LogP contribution in [0.5, 0.6) is 0 Å². The highest BCUT2D eigenvalue weighted by atomic mass is 16.6. The number of carbonyl (C=O) groups excluding carboxylic acids is 1. The summed E-state index contributed by atoms with van der Waals surface area (Å²) >= 11 is 0. The summed E-state index contributed by atoms with van der Waals surface area (Å²) in [6.07, 6.45) is 1.13. The molecule has 0 saturated carbocycles. The Labute approximate surface area is 111 Å². The Bertz CT molecular complexity index is 377. The monoisotopic (exact) mass is 272 g/mol. The number of nitrogens with two attached hydrogens (primary N) is 1. The maximum Gasteiger partial charge on any atom is 0.327 e. The summed E-state index contributed by atoms with van der Waals surface area (Å²) < 4.78 is 4.72. The lowest BCUT2D eigenvalue weighted by atomic mass is 10.3. The summed E-state index contributed by atoms with van der Waals surface area (Å²) in [7, 11) is 0. The van der Waals surface area contributed by atoms with E-state index in [9.17, 15) is 14.9 Å². The molecule has 0 aromatic rings. The standard InChI is InChI=1S/C11H20N4O4/c1-4-19-11(16)7-14-9(6-13-8(2)3)5-10(12)15(17)18/h5,8,13H,4,6-7,12H2,1-3H3. The number of ether oxygens (including phenoxy) is 1. The number of esters is 1. The zero-order valence-corrected chi connectivity index (χ0v) is 11.4. The van der Waals surface area contributed by atoms with Gasteiger partial charge in [0.25, 0.3) is 0 Å². The van der Waals surface area contributed by atoms with E-state index in [1.165, 1.54) is 0 Å². The number of hydrogen-bond donors (Lipinski definition) is 2. The van der Waals surface area contributed by atoms with Crippen molar-refractivity contribution in [2.45, 2.75) is 26.8 Å². The van der Waals surface area contributed by atoms with Crippen LogP contribution >= 0.6 is 0 Å². The molecule has 0 heterocycles. The van der Waals surface area contributed by atoms with Crippen LogP contribution in [0.4, 0.5) is 0 Å². The molecule has 0 fully saturated rings. The second-order valence-electron chi connectivity index (χ2n) is 3.97. The highest BCUT2D eigenvalue weighted by Crippen LogP contribution is 1.91. The SMILES string of the molecule is CCOC(=O)CN=C(C=C(N)[N+](=O)[O-])CNC(C)C. The minimum Gasteiger partial charge on any atom is -0.465 e. The maximum atomic E-state index is 11.2. The number of aliphatic imine (C=N–C) groups is 1. The van der Waals surface area contributed by atoms with Gasteiger partial charge >= 0.3 is 11.8 Å². The molecule has 19 heavy (non-hydrogen) atoms. The third kappa shape index (κ3) is 8.72. The summed E-state index contributed by atoms with van der Waals surface area (Å²) in [4.78, 5) is 24.9. The van der Waals surface area contributed by atoms with Crippen LogP contribution < -0.4 is 11.1 Å².